The first-order chi connectivity index (χ1) is 12.4. The van der Waals surface area contributed by atoms with Gasteiger partial charge in [0, 0.05) is 17.0 Å². The van der Waals surface area contributed by atoms with Crippen LogP contribution in [-0.4, -0.2) is 24.3 Å². The highest BCUT2D eigenvalue weighted by atomic mass is 32.1. The number of rotatable bonds is 8. The van der Waals surface area contributed by atoms with Crippen LogP contribution in [0.2, 0.25) is 0 Å². The second-order valence-corrected chi connectivity index (χ2v) is 7.29. The number of carbonyl (C=O) groups is 3. The summed E-state index contributed by atoms with van der Waals surface area (Å²) in [6.45, 7) is 5.49. The van der Waals surface area contributed by atoms with Crippen LogP contribution in [0.5, 0.6) is 0 Å². The highest BCUT2D eigenvalue weighted by molar-refractivity contribution is 7.14. The predicted molar refractivity (Wildman–Crippen MR) is 103 cm³/mol. The summed E-state index contributed by atoms with van der Waals surface area (Å²) in [6, 6.07) is 9.44. The Morgan fingerprint density at radius 2 is 1.85 bits per heavy atom. The van der Waals surface area contributed by atoms with Crippen molar-refractivity contribution in [2.45, 2.75) is 40.0 Å². The molecule has 0 bridgehead atoms. The molecule has 2 rings (SSSR count). The Kier molecular flexibility index (Phi) is 7.09. The number of esters is 1. The summed E-state index contributed by atoms with van der Waals surface area (Å²) in [6.07, 6.45) is 0.840. The Labute approximate surface area is 157 Å². The van der Waals surface area contributed by atoms with Gasteiger partial charge in [-0.25, -0.2) is 0 Å². The molecule has 1 aromatic heterocycles. The number of aryl methyl sites for hydroxylation is 3. The molecule has 0 aliphatic heterocycles. The molecule has 0 radical (unpaired) electrons. The van der Waals surface area contributed by atoms with E-state index in [1.807, 2.05) is 45.0 Å². The van der Waals surface area contributed by atoms with Crippen molar-refractivity contribution in [3.8, 4) is 0 Å². The minimum atomic E-state index is -0.553. The number of anilines is 1. The lowest BCUT2D eigenvalue weighted by atomic mass is 10.1. The van der Waals surface area contributed by atoms with Gasteiger partial charge < -0.3 is 10.1 Å². The number of hydrogen-bond donors (Lipinski definition) is 1. The van der Waals surface area contributed by atoms with Gasteiger partial charge in [-0.05, 0) is 43.5 Å². The first-order valence-electron chi connectivity index (χ1n) is 8.54. The van der Waals surface area contributed by atoms with Gasteiger partial charge in [-0.15, -0.1) is 11.3 Å². The van der Waals surface area contributed by atoms with Gasteiger partial charge in [0.1, 0.15) is 0 Å². The Bertz CT molecular complexity index is 810. The van der Waals surface area contributed by atoms with E-state index in [0.29, 0.717) is 4.88 Å². The number of amides is 1. The lowest BCUT2D eigenvalue weighted by Crippen LogP contribution is -2.22. The Morgan fingerprint density at radius 1 is 1.08 bits per heavy atom. The molecule has 1 amide bonds. The van der Waals surface area contributed by atoms with Crippen molar-refractivity contribution in [2.24, 2.45) is 0 Å². The van der Waals surface area contributed by atoms with Crippen molar-refractivity contribution in [3.05, 3.63) is 51.2 Å². The van der Waals surface area contributed by atoms with Crippen LogP contribution in [0.3, 0.4) is 0 Å². The van der Waals surface area contributed by atoms with E-state index in [4.69, 9.17) is 4.74 Å². The molecule has 138 valence electrons. The van der Waals surface area contributed by atoms with Crippen LogP contribution in [0.15, 0.2) is 30.3 Å². The number of benzene rings is 1. The number of carbonyl (C=O) groups excluding carboxylic acids is 3. The highest BCUT2D eigenvalue weighted by Crippen LogP contribution is 2.21. The van der Waals surface area contributed by atoms with Gasteiger partial charge in [-0.2, -0.15) is 0 Å². The van der Waals surface area contributed by atoms with Gasteiger partial charge in [0.2, 0.25) is 0 Å². The normalized spacial score (nSPS) is 10.4. The predicted octanol–water partition coefficient (Wildman–Crippen LogP) is 4.07. The van der Waals surface area contributed by atoms with Gasteiger partial charge in [-0.3, -0.25) is 14.4 Å². The van der Waals surface area contributed by atoms with E-state index in [1.54, 1.807) is 6.07 Å². The quantitative estimate of drug-likeness (QED) is 0.559. The van der Waals surface area contributed by atoms with Crippen LogP contribution >= 0.6 is 11.3 Å². The minimum Gasteiger partial charge on any atom is -0.456 e. The van der Waals surface area contributed by atoms with Gasteiger partial charge in [-0.1, -0.05) is 25.1 Å². The van der Waals surface area contributed by atoms with Crippen LogP contribution < -0.4 is 5.32 Å². The van der Waals surface area contributed by atoms with Gasteiger partial charge in [0.25, 0.3) is 5.91 Å². The third kappa shape index (κ3) is 5.52. The average Bonchev–Trinajstić information content (AvgIpc) is 3.06. The van der Waals surface area contributed by atoms with Crippen molar-refractivity contribution in [2.75, 3.05) is 11.9 Å². The van der Waals surface area contributed by atoms with Crippen molar-refractivity contribution < 1.29 is 19.1 Å². The average molecular weight is 373 g/mol. The van der Waals surface area contributed by atoms with E-state index >= 15 is 0 Å². The molecular weight excluding hydrogens is 350 g/mol. The van der Waals surface area contributed by atoms with E-state index in [2.05, 4.69) is 5.32 Å². The minimum absolute atomic E-state index is 0.0341. The topological polar surface area (TPSA) is 72.5 Å². The second kappa shape index (κ2) is 9.29. The first kappa shape index (κ1) is 19.8. The van der Waals surface area contributed by atoms with Crippen LogP contribution in [0.25, 0.3) is 0 Å². The zero-order valence-corrected chi connectivity index (χ0v) is 16.1. The standard InChI is InChI=1S/C20H23NO4S/c1-4-15-7-5-6-13(2)20(15)21-18(23)12-25-19(24)11-9-16(22)17-10-8-14(3)26-17/h5-8,10H,4,9,11-12H2,1-3H3,(H,21,23). The fourth-order valence-corrected chi connectivity index (χ4v) is 3.35. The maximum absolute atomic E-state index is 12.0. The van der Waals surface area contributed by atoms with E-state index < -0.39 is 5.97 Å². The van der Waals surface area contributed by atoms with E-state index in [-0.39, 0.29) is 31.1 Å². The molecule has 0 saturated heterocycles. The Hall–Kier alpha value is -2.47. The molecule has 26 heavy (non-hydrogen) atoms. The molecule has 1 aromatic carbocycles. The molecular formula is C20H23NO4S. The maximum Gasteiger partial charge on any atom is 0.306 e. The smallest absolute Gasteiger partial charge is 0.306 e. The third-order valence-electron chi connectivity index (χ3n) is 3.94. The number of para-hydroxylation sites is 1. The summed E-state index contributed by atoms with van der Waals surface area (Å²) in [5.74, 6) is -1.03. The van der Waals surface area contributed by atoms with Gasteiger partial charge in [0.05, 0.1) is 11.3 Å². The lowest BCUT2D eigenvalue weighted by molar-refractivity contribution is -0.147. The van der Waals surface area contributed by atoms with E-state index in [9.17, 15) is 14.4 Å². The van der Waals surface area contributed by atoms with Crippen LogP contribution in [-0.2, 0) is 20.7 Å². The molecule has 0 aliphatic rings. The molecule has 0 unspecified atom stereocenters. The monoisotopic (exact) mass is 373 g/mol. The Morgan fingerprint density at radius 3 is 2.50 bits per heavy atom. The SMILES string of the molecule is CCc1cccc(C)c1NC(=O)COC(=O)CCC(=O)c1ccc(C)s1. The van der Waals surface area contributed by atoms with E-state index in [1.165, 1.54) is 11.3 Å². The van der Waals surface area contributed by atoms with Crippen LogP contribution in [0, 0.1) is 13.8 Å². The molecule has 0 aliphatic carbocycles. The number of hydrogen-bond acceptors (Lipinski definition) is 5. The summed E-state index contributed by atoms with van der Waals surface area (Å²) >= 11 is 1.41. The third-order valence-corrected chi connectivity index (χ3v) is 4.98. The molecule has 0 spiro atoms. The molecule has 0 atom stereocenters. The lowest BCUT2D eigenvalue weighted by Gasteiger charge is -2.13. The molecule has 2 aromatic rings. The molecule has 5 nitrogen and oxygen atoms in total. The van der Waals surface area contributed by atoms with Crippen molar-refractivity contribution >= 4 is 34.7 Å². The molecule has 0 saturated carbocycles. The van der Waals surface area contributed by atoms with Gasteiger partial charge in [0.15, 0.2) is 12.4 Å². The van der Waals surface area contributed by atoms with E-state index in [0.717, 1.165) is 28.1 Å². The number of ketones is 1. The molecule has 6 heteroatoms. The fourth-order valence-electron chi connectivity index (χ4n) is 2.52. The van der Waals surface area contributed by atoms with Crippen LogP contribution in [0.1, 0.15) is 45.4 Å². The number of thiophene rings is 1. The summed E-state index contributed by atoms with van der Waals surface area (Å²) in [7, 11) is 0. The number of Topliss-reactive ketones (excluding diaryl/α,β-unsaturated/α-hetero) is 1. The largest absolute Gasteiger partial charge is 0.456 e. The summed E-state index contributed by atoms with van der Waals surface area (Å²) < 4.78 is 4.98. The molecule has 0 fully saturated rings. The number of ether oxygens (including phenoxy) is 1. The summed E-state index contributed by atoms with van der Waals surface area (Å²) in [5, 5.41) is 2.80. The highest BCUT2D eigenvalue weighted by Gasteiger charge is 2.14. The summed E-state index contributed by atoms with van der Waals surface area (Å²) in [5.41, 5.74) is 2.75. The summed E-state index contributed by atoms with van der Waals surface area (Å²) in [4.78, 5) is 37.5. The fraction of sp³-hybridized carbons (Fsp3) is 0.350. The second-order valence-electron chi connectivity index (χ2n) is 6.00. The zero-order chi connectivity index (χ0) is 19.1. The van der Waals surface area contributed by atoms with Crippen molar-refractivity contribution in [1.82, 2.24) is 0 Å². The molecule has 1 N–H and O–H groups in total. The van der Waals surface area contributed by atoms with Crippen molar-refractivity contribution in [3.63, 3.8) is 0 Å². The Balaban J connectivity index is 1.78. The zero-order valence-electron chi connectivity index (χ0n) is 15.3. The maximum atomic E-state index is 12.0. The number of nitrogens with one attached hydrogen (secondary N) is 1. The van der Waals surface area contributed by atoms with Gasteiger partial charge >= 0.3 is 5.97 Å². The molecule has 1 heterocycles. The van der Waals surface area contributed by atoms with Crippen LogP contribution in [0.4, 0.5) is 5.69 Å². The first-order valence-corrected chi connectivity index (χ1v) is 9.36. The van der Waals surface area contributed by atoms with Crippen molar-refractivity contribution in [1.29, 1.82) is 0 Å².